The van der Waals surface area contributed by atoms with Gasteiger partial charge in [0.2, 0.25) is 0 Å². The van der Waals surface area contributed by atoms with Gasteiger partial charge in [0.1, 0.15) is 0 Å². The summed E-state index contributed by atoms with van der Waals surface area (Å²) in [6.45, 7) is 0.433. The summed E-state index contributed by atoms with van der Waals surface area (Å²) in [5.41, 5.74) is 0.575. The lowest BCUT2D eigenvalue weighted by atomic mass is 9.99. The maximum Gasteiger partial charge on any atom is 0.411 e. The number of halogens is 2. The summed E-state index contributed by atoms with van der Waals surface area (Å²) in [6, 6.07) is 5.53. The second-order valence-electron chi connectivity index (χ2n) is 5.90. The zero-order chi connectivity index (χ0) is 16.1. The molecule has 1 N–H and O–H groups in total. The van der Waals surface area contributed by atoms with E-state index in [0.29, 0.717) is 34.3 Å². The summed E-state index contributed by atoms with van der Waals surface area (Å²) in [5, 5.41) is 3.51. The molecule has 1 aromatic carbocycles. The predicted octanol–water partition coefficient (Wildman–Crippen LogP) is 4.66. The molecule has 1 aromatic rings. The van der Waals surface area contributed by atoms with Crippen molar-refractivity contribution < 1.29 is 9.53 Å². The SMILES string of the molecule is CN(C)C1CCCC1CCOC(=O)Nc1ccc(Cl)c(Cl)c1. The first-order valence-electron chi connectivity index (χ1n) is 7.52. The molecule has 0 bridgehead atoms. The zero-order valence-corrected chi connectivity index (χ0v) is 14.5. The number of carbonyl (C=O) groups excluding carboxylic acids is 1. The highest BCUT2D eigenvalue weighted by Crippen LogP contribution is 2.31. The molecule has 1 amide bonds. The van der Waals surface area contributed by atoms with E-state index in [2.05, 4.69) is 24.3 Å². The molecule has 1 aliphatic rings. The summed E-state index contributed by atoms with van der Waals surface area (Å²) in [4.78, 5) is 14.0. The first-order valence-corrected chi connectivity index (χ1v) is 8.28. The van der Waals surface area contributed by atoms with Gasteiger partial charge < -0.3 is 9.64 Å². The highest BCUT2D eigenvalue weighted by Gasteiger charge is 2.28. The Kier molecular flexibility index (Phi) is 6.36. The van der Waals surface area contributed by atoms with Gasteiger partial charge in [0.25, 0.3) is 0 Å². The summed E-state index contributed by atoms with van der Waals surface area (Å²) in [5.74, 6) is 0.604. The molecule has 0 aromatic heterocycles. The minimum Gasteiger partial charge on any atom is -0.449 e. The first-order chi connectivity index (χ1) is 10.5. The molecular weight excluding hydrogens is 323 g/mol. The Balaban J connectivity index is 1.75. The van der Waals surface area contributed by atoms with E-state index in [0.717, 1.165) is 6.42 Å². The highest BCUT2D eigenvalue weighted by molar-refractivity contribution is 6.42. The molecule has 0 radical (unpaired) electrons. The number of ether oxygens (including phenoxy) is 1. The zero-order valence-electron chi connectivity index (χ0n) is 12.9. The number of nitrogens with zero attached hydrogens (tertiary/aromatic N) is 1. The minimum atomic E-state index is -0.460. The number of anilines is 1. The molecule has 122 valence electrons. The lowest BCUT2D eigenvalue weighted by Crippen LogP contribution is -2.32. The Morgan fingerprint density at radius 3 is 2.77 bits per heavy atom. The second-order valence-corrected chi connectivity index (χ2v) is 6.71. The smallest absolute Gasteiger partial charge is 0.411 e. The molecule has 1 aliphatic carbocycles. The number of amides is 1. The third kappa shape index (κ3) is 4.77. The predicted molar refractivity (Wildman–Crippen MR) is 90.9 cm³/mol. The van der Waals surface area contributed by atoms with Crippen molar-refractivity contribution in [3.05, 3.63) is 28.2 Å². The maximum atomic E-state index is 11.8. The van der Waals surface area contributed by atoms with Crippen LogP contribution in [0.3, 0.4) is 0 Å². The monoisotopic (exact) mass is 344 g/mol. The first kappa shape index (κ1) is 17.4. The van der Waals surface area contributed by atoms with E-state index in [1.54, 1.807) is 18.2 Å². The van der Waals surface area contributed by atoms with Gasteiger partial charge in [-0.05, 0) is 57.5 Å². The third-order valence-electron chi connectivity index (χ3n) is 4.17. The summed E-state index contributed by atoms with van der Waals surface area (Å²) >= 11 is 11.7. The van der Waals surface area contributed by atoms with E-state index in [-0.39, 0.29) is 0 Å². The van der Waals surface area contributed by atoms with Crippen molar-refractivity contribution in [1.82, 2.24) is 4.90 Å². The molecule has 2 unspecified atom stereocenters. The van der Waals surface area contributed by atoms with Gasteiger partial charge in [-0.25, -0.2) is 4.79 Å². The number of hydrogen-bond acceptors (Lipinski definition) is 3. The van der Waals surface area contributed by atoms with E-state index in [4.69, 9.17) is 27.9 Å². The molecule has 1 fully saturated rings. The van der Waals surface area contributed by atoms with E-state index in [1.807, 2.05) is 0 Å². The van der Waals surface area contributed by atoms with Gasteiger partial charge in [-0.2, -0.15) is 0 Å². The number of benzene rings is 1. The molecule has 0 heterocycles. The third-order valence-corrected chi connectivity index (χ3v) is 4.91. The van der Waals surface area contributed by atoms with Crippen molar-refractivity contribution in [2.45, 2.75) is 31.7 Å². The maximum absolute atomic E-state index is 11.8. The van der Waals surface area contributed by atoms with Crippen LogP contribution in [0.5, 0.6) is 0 Å². The van der Waals surface area contributed by atoms with Crippen LogP contribution in [0.4, 0.5) is 10.5 Å². The van der Waals surface area contributed by atoms with Crippen molar-refractivity contribution in [1.29, 1.82) is 0 Å². The molecule has 0 spiro atoms. The van der Waals surface area contributed by atoms with Crippen LogP contribution in [-0.2, 0) is 4.74 Å². The lowest BCUT2D eigenvalue weighted by Gasteiger charge is -2.26. The molecule has 22 heavy (non-hydrogen) atoms. The van der Waals surface area contributed by atoms with Crippen LogP contribution in [0.15, 0.2) is 18.2 Å². The Morgan fingerprint density at radius 1 is 1.32 bits per heavy atom. The number of rotatable bonds is 5. The van der Waals surface area contributed by atoms with Crippen LogP contribution in [0.25, 0.3) is 0 Å². The van der Waals surface area contributed by atoms with Gasteiger partial charge in [0, 0.05) is 11.7 Å². The molecule has 6 heteroatoms. The van der Waals surface area contributed by atoms with E-state index >= 15 is 0 Å². The Labute approximate surface area is 141 Å². The standard InChI is InChI=1S/C16H22Cl2N2O2/c1-20(2)15-5-3-4-11(15)8-9-22-16(21)19-12-6-7-13(17)14(18)10-12/h6-7,10-11,15H,3-5,8-9H2,1-2H3,(H,19,21). The lowest BCUT2D eigenvalue weighted by molar-refractivity contribution is 0.141. The normalized spacial score (nSPS) is 21.1. The van der Waals surface area contributed by atoms with Gasteiger partial charge >= 0.3 is 6.09 Å². The highest BCUT2D eigenvalue weighted by atomic mass is 35.5. The fraction of sp³-hybridized carbons (Fsp3) is 0.562. The quantitative estimate of drug-likeness (QED) is 0.844. The number of hydrogen-bond donors (Lipinski definition) is 1. The topological polar surface area (TPSA) is 41.6 Å². The molecular formula is C16H22Cl2N2O2. The summed E-state index contributed by atoms with van der Waals surface area (Å²) in [7, 11) is 4.22. The fourth-order valence-corrected chi connectivity index (χ4v) is 3.36. The Hall–Kier alpha value is -0.970. The van der Waals surface area contributed by atoms with Crippen molar-refractivity contribution in [2.75, 3.05) is 26.0 Å². The van der Waals surface area contributed by atoms with Crippen LogP contribution in [0, 0.1) is 5.92 Å². The Morgan fingerprint density at radius 2 is 2.09 bits per heavy atom. The summed E-state index contributed by atoms with van der Waals surface area (Å²) in [6.07, 6.45) is 4.13. The molecule has 2 atom stereocenters. The van der Waals surface area contributed by atoms with E-state index < -0.39 is 6.09 Å². The van der Waals surface area contributed by atoms with Crippen LogP contribution >= 0.6 is 23.2 Å². The van der Waals surface area contributed by atoms with E-state index in [1.165, 1.54) is 19.3 Å². The number of nitrogens with one attached hydrogen (secondary N) is 1. The Bertz CT molecular complexity index is 523. The van der Waals surface area contributed by atoms with Gasteiger partial charge in [0.05, 0.1) is 16.7 Å². The van der Waals surface area contributed by atoms with Gasteiger partial charge in [-0.1, -0.05) is 29.6 Å². The number of carbonyl (C=O) groups is 1. The summed E-state index contributed by atoms with van der Waals surface area (Å²) < 4.78 is 5.26. The van der Waals surface area contributed by atoms with Crippen LogP contribution in [0.2, 0.25) is 10.0 Å². The minimum absolute atomic E-state index is 0.402. The van der Waals surface area contributed by atoms with Crippen molar-refractivity contribution in [2.24, 2.45) is 5.92 Å². The van der Waals surface area contributed by atoms with Crippen molar-refractivity contribution >= 4 is 35.0 Å². The average molecular weight is 345 g/mol. The molecule has 4 nitrogen and oxygen atoms in total. The molecule has 1 saturated carbocycles. The van der Waals surface area contributed by atoms with Crippen LogP contribution < -0.4 is 5.32 Å². The average Bonchev–Trinajstić information content (AvgIpc) is 2.91. The fourth-order valence-electron chi connectivity index (χ4n) is 3.06. The molecule has 0 saturated heterocycles. The van der Waals surface area contributed by atoms with Gasteiger partial charge in [-0.15, -0.1) is 0 Å². The molecule has 2 rings (SSSR count). The van der Waals surface area contributed by atoms with Crippen molar-refractivity contribution in [3.8, 4) is 0 Å². The van der Waals surface area contributed by atoms with E-state index in [9.17, 15) is 4.79 Å². The molecule has 0 aliphatic heterocycles. The van der Waals surface area contributed by atoms with Crippen LogP contribution in [0.1, 0.15) is 25.7 Å². The van der Waals surface area contributed by atoms with Gasteiger partial charge in [0.15, 0.2) is 0 Å². The second kappa shape index (κ2) is 8.04. The van der Waals surface area contributed by atoms with Gasteiger partial charge in [-0.3, -0.25) is 5.32 Å². The van der Waals surface area contributed by atoms with Crippen LogP contribution in [-0.4, -0.2) is 37.7 Å². The largest absolute Gasteiger partial charge is 0.449 e. The van der Waals surface area contributed by atoms with Crippen molar-refractivity contribution in [3.63, 3.8) is 0 Å².